The van der Waals surface area contributed by atoms with Gasteiger partial charge in [0.2, 0.25) is 10.0 Å². The van der Waals surface area contributed by atoms with Crippen molar-refractivity contribution in [3.8, 4) is 0 Å². The molecular weight excluding hydrogens is 276 g/mol. The standard InChI is InChI=1S/C14H24N2O3S/c1-6-7-16(12(4)5)20(18,19)14-8-13(10-17)15(9-14)11(2)3/h6,8-9,11-12,17H,1,7,10H2,2-5H3. The van der Waals surface area contributed by atoms with Gasteiger partial charge >= 0.3 is 0 Å². The number of aromatic nitrogens is 1. The zero-order chi connectivity index (χ0) is 15.5. The second-order valence-corrected chi connectivity index (χ2v) is 7.17. The first-order valence-electron chi connectivity index (χ1n) is 6.70. The molecule has 1 N–H and O–H groups in total. The lowest BCUT2D eigenvalue weighted by Crippen LogP contribution is -2.36. The fraction of sp³-hybridized carbons (Fsp3) is 0.571. The first-order valence-corrected chi connectivity index (χ1v) is 8.14. The van der Waals surface area contributed by atoms with E-state index in [2.05, 4.69) is 6.58 Å². The highest BCUT2D eigenvalue weighted by molar-refractivity contribution is 7.89. The summed E-state index contributed by atoms with van der Waals surface area (Å²) >= 11 is 0. The van der Waals surface area contributed by atoms with E-state index in [4.69, 9.17) is 0 Å². The van der Waals surface area contributed by atoms with Crippen LogP contribution >= 0.6 is 0 Å². The van der Waals surface area contributed by atoms with E-state index >= 15 is 0 Å². The molecule has 0 aliphatic carbocycles. The summed E-state index contributed by atoms with van der Waals surface area (Å²) in [5.74, 6) is 0. The topological polar surface area (TPSA) is 62.5 Å². The van der Waals surface area contributed by atoms with Gasteiger partial charge in [0.05, 0.1) is 6.61 Å². The molecule has 0 aliphatic rings. The van der Waals surface area contributed by atoms with Crippen molar-refractivity contribution in [2.75, 3.05) is 6.54 Å². The first-order chi connectivity index (χ1) is 9.25. The van der Waals surface area contributed by atoms with Gasteiger partial charge in [0, 0.05) is 30.5 Å². The number of hydrogen-bond donors (Lipinski definition) is 1. The minimum absolute atomic E-state index is 0.0907. The molecule has 0 bridgehead atoms. The lowest BCUT2D eigenvalue weighted by Gasteiger charge is -2.23. The Morgan fingerprint density at radius 2 is 2.00 bits per heavy atom. The van der Waals surface area contributed by atoms with Crippen LogP contribution in [0.3, 0.4) is 0 Å². The van der Waals surface area contributed by atoms with Crippen molar-refractivity contribution in [1.82, 2.24) is 8.87 Å². The summed E-state index contributed by atoms with van der Waals surface area (Å²) in [5, 5.41) is 9.35. The number of rotatable bonds is 7. The van der Waals surface area contributed by atoms with E-state index in [-0.39, 0.29) is 30.1 Å². The van der Waals surface area contributed by atoms with Crippen LogP contribution in [0.4, 0.5) is 0 Å². The quantitative estimate of drug-likeness (QED) is 0.785. The zero-order valence-corrected chi connectivity index (χ0v) is 13.4. The summed E-state index contributed by atoms with van der Waals surface area (Å²) in [6, 6.07) is 1.47. The van der Waals surface area contributed by atoms with Gasteiger partial charge in [-0.1, -0.05) is 6.08 Å². The van der Waals surface area contributed by atoms with Crippen LogP contribution in [-0.2, 0) is 16.6 Å². The van der Waals surface area contributed by atoms with Crippen LogP contribution in [0, 0.1) is 0 Å². The molecule has 0 atom stereocenters. The van der Waals surface area contributed by atoms with E-state index in [1.54, 1.807) is 16.8 Å². The van der Waals surface area contributed by atoms with Crippen molar-refractivity contribution in [2.24, 2.45) is 0 Å². The Bertz CT molecular complexity index is 559. The fourth-order valence-electron chi connectivity index (χ4n) is 2.09. The molecule has 0 aromatic carbocycles. The average Bonchev–Trinajstić information content (AvgIpc) is 2.80. The Labute approximate surface area is 121 Å². The second-order valence-electron chi connectivity index (χ2n) is 5.28. The molecule has 0 unspecified atom stereocenters. The number of aliphatic hydroxyl groups excluding tert-OH is 1. The maximum atomic E-state index is 12.7. The Morgan fingerprint density at radius 1 is 1.40 bits per heavy atom. The van der Waals surface area contributed by atoms with Crippen molar-refractivity contribution in [3.05, 3.63) is 30.6 Å². The Kier molecular flexibility index (Phi) is 5.56. The molecule has 0 spiro atoms. The lowest BCUT2D eigenvalue weighted by molar-refractivity contribution is 0.268. The molecule has 0 saturated carbocycles. The van der Waals surface area contributed by atoms with Crippen LogP contribution in [0.2, 0.25) is 0 Å². The molecule has 1 aromatic heterocycles. The van der Waals surface area contributed by atoms with Gasteiger partial charge in [-0.3, -0.25) is 0 Å². The van der Waals surface area contributed by atoms with Gasteiger partial charge in [-0.25, -0.2) is 8.42 Å². The van der Waals surface area contributed by atoms with Crippen LogP contribution < -0.4 is 0 Å². The summed E-state index contributed by atoms with van der Waals surface area (Å²) in [6.45, 7) is 11.2. The van der Waals surface area contributed by atoms with Gasteiger partial charge in [-0.15, -0.1) is 6.58 Å². The third-order valence-corrected chi connectivity index (χ3v) is 5.12. The smallest absolute Gasteiger partial charge is 0.245 e. The van der Waals surface area contributed by atoms with Crippen LogP contribution in [0.25, 0.3) is 0 Å². The number of sulfonamides is 1. The molecule has 20 heavy (non-hydrogen) atoms. The van der Waals surface area contributed by atoms with Gasteiger partial charge in [-0.2, -0.15) is 4.31 Å². The van der Waals surface area contributed by atoms with Gasteiger partial charge < -0.3 is 9.67 Å². The molecule has 1 aromatic rings. The summed E-state index contributed by atoms with van der Waals surface area (Å²) in [5.41, 5.74) is 0.598. The Hall–Kier alpha value is -1.11. The predicted octanol–water partition coefficient (Wildman–Crippen LogP) is 2.15. The van der Waals surface area contributed by atoms with E-state index in [9.17, 15) is 13.5 Å². The molecule has 6 heteroatoms. The maximum absolute atomic E-state index is 12.7. The van der Waals surface area contributed by atoms with Crippen LogP contribution in [-0.4, -0.2) is 35.0 Å². The Morgan fingerprint density at radius 3 is 2.35 bits per heavy atom. The SMILES string of the molecule is C=CCN(C(C)C)S(=O)(=O)c1cc(CO)n(C(C)C)c1. The highest BCUT2D eigenvalue weighted by atomic mass is 32.2. The average molecular weight is 300 g/mol. The predicted molar refractivity (Wildman–Crippen MR) is 80.0 cm³/mol. The molecule has 114 valence electrons. The van der Waals surface area contributed by atoms with Crippen molar-refractivity contribution in [3.63, 3.8) is 0 Å². The highest BCUT2D eigenvalue weighted by Crippen LogP contribution is 2.23. The van der Waals surface area contributed by atoms with Crippen molar-refractivity contribution < 1.29 is 13.5 Å². The molecule has 0 fully saturated rings. The first kappa shape index (κ1) is 16.9. The van der Waals surface area contributed by atoms with Gasteiger partial charge in [0.25, 0.3) is 0 Å². The molecule has 1 heterocycles. The number of nitrogens with zero attached hydrogens (tertiary/aromatic N) is 2. The summed E-state index contributed by atoms with van der Waals surface area (Å²) in [6.07, 6.45) is 3.16. The Balaban J connectivity index is 3.30. The van der Waals surface area contributed by atoms with E-state index in [0.29, 0.717) is 5.69 Å². The molecule has 0 amide bonds. The van der Waals surface area contributed by atoms with Crippen molar-refractivity contribution in [2.45, 2.75) is 51.3 Å². The molecule has 5 nitrogen and oxygen atoms in total. The molecule has 1 rings (SSSR count). The number of aliphatic hydroxyl groups is 1. The van der Waals surface area contributed by atoms with E-state index in [1.807, 2.05) is 27.7 Å². The van der Waals surface area contributed by atoms with Gasteiger partial charge in [-0.05, 0) is 33.8 Å². The normalized spacial score (nSPS) is 12.6. The van der Waals surface area contributed by atoms with Gasteiger partial charge in [0.15, 0.2) is 0 Å². The summed E-state index contributed by atoms with van der Waals surface area (Å²) < 4.78 is 28.5. The van der Waals surface area contributed by atoms with E-state index in [1.165, 1.54) is 10.4 Å². The van der Waals surface area contributed by atoms with E-state index < -0.39 is 10.0 Å². The van der Waals surface area contributed by atoms with Crippen LogP contribution in [0.15, 0.2) is 29.8 Å². The van der Waals surface area contributed by atoms with E-state index in [0.717, 1.165) is 0 Å². The largest absolute Gasteiger partial charge is 0.390 e. The third kappa shape index (κ3) is 3.31. The van der Waals surface area contributed by atoms with Crippen LogP contribution in [0.1, 0.15) is 39.4 Å². The fourth-order valence-corrected chi connectivity index (χ4v) is 3.75. The molecule has 0 aliphatic heterocycles. The molecule has 0 saturated heterocycles. The minimum atomic E-state index is -3.58. The number of hydrogen-bond acceptors (Lipinski definition) is 3. The summed E-state index contributed by atoms with van der Waals surface area (Å²) in [4.78, 5) is 0.214. The van der Waals surface area contributed by atoms with Crippen molar-refractivity contribution >= 4 is 10.0 Å². The van der Waals surface area contributed by atoms with Crippen molar-refractivity contribution in [1.29, 1.82) is 0 Å². The minimum Gasteiger partial charge on any atom is -0.390 e. The summed E-state index contributed by atoms with van der Waals surface area (Å²) in [7, 11) is -3.58. The third-order valence-electron chi connectivity index (χ3n) is 3.12. The molecule has 0 radical (unpaired) electrons. The zero-order valence-electron chi connectivity index (χ0n) is 12.6. The van der Waals surface area contributed by atoms with Crippen LogP contribution in [0.5, 0.6) is 0 Å². The lowest BCUT2D eigenvalue weighted by atomic mass is 10.3. The highest BCUT2D eigenvalue weighted by Gasteiger charge is 2.28. The van der Waals surface area contributed by atoms with Gasteiger partial charge in [0.1, 0.15) is 4.90 Å². The monoisotopic (exact) mass is 300 g/mol. The molecular formula is C14H24N2O3S. The maximum Gasteiger partial charge on any atom is 0.245 e. The second kappa shape index (κ2) is 6.56.